The molecule has 1 atom stereocenters. The van der Waals surface area contributed by atoms with Gasteiger partial charge in [-0.05, 0) is 35.7 Å². The monoisotopic (exact) mass is 419 g/mol. The van der Waals surface area contributed by atoms with E-state index >= 15 is 0 Å². The van der Waals surface area contributed by atoms with Crippen LogP contribution in [0.5, 0.6) is 5.75 Å². The zero-order valence-corrected chi connectivity index (χ0v) is 17.2. The number of benzene rings is 2. The van der Waals surface area contributed by atoms with E-state index in [1.807, 2.05) is 43.3 Å². The van der Waals surface area contributed by atoms with Gasteiger partial charge in [0.1, 0.15) is 5.75 Å². The Bertz CT molecular complexity index is 988. The Morgan fingerprint density at radius 2 is 1.86 bits per heavy atom. The molecular weight excluding hydrogens is 394 g/mol. The van der Waals surface area contributed by atoms with Crippen molar-refractivity contribution in [2.45, 2.75) is 25.8 Å². The molecule has 0 bridgehead atoms. The molecule has 0 aromatic heterocycles. The number of hydrogen-bond acceptors (Lipinski definition) is 6. The standard InChI is InChI=1S/C21H25NO6S/c1-2-10-22(18-9-11-29(25,26)15-18)20(23)13-28-21(24)14-27-19-8-7-16-5-3-4-6-17(16)12-19/h3-8,12,18H,2,9-11,13-15H2,1H3/t18-/m1/s1. The Hall–Kier alpha value is -2.61. The number of fused-ring (bicyclic) bond motifs is 1. The number of carbonyl (C=O) groups is 2. The van der Waals surface area contributed by atoms with Crippen LogP contribution in [0.4, 0.5) is 0 Å². The van der Waals surface area contributed by atoms with Crippen LogP contribution in [0.3, 0.4) is 0 Å². The lowest BCUT2D eigenvalue weighted by atomic mass is 10.1. The molecule has 8 heteroatoms. The lowest BCUT2D eigenvalue weighted by Gasteiger charge is -2.27. The van der Waals surface area contributed by atoms with E-state index in [9.17, 15) is 18.0 Å². The van der Waals surface area contributed by atoms with Crippen molar-refractivity contribution in [1.29, 1.82) is 0 Å². The Labute approximate surface area is 170 Å². The molecule has 0 aliphatic carbocycles. The molecule has 1 amide bonds. The zero-order valence-electron chi connectivity index (χ0n) is 16.4. The van der Waals surface area contributed by atoms with Crippen molar-refractivity contribution >= 4 is 32.5 Å². The summed E-state index contributed by atoms with van der Waals surface area (Å²) in [5.41, 5.74) is 0. The SMILES string of the molecule is CCCN(C(=O)COC(=O)COc1ccc2ccccc2c1)[C@@H]1CCS(=O)(=O)C1. The van der Waals surface area contributed by atoms with Gasteiger partial charge in [0.25, 0.3) is 5.91 Å². The number of hydrogen-bond donors (Lipinski definition) is 0. The molecule has 0 unspecified atom stereocenters. The zero-order chi connectivity index (χ0) is 20.9. The molecule has 2 aromatic rings. The average Bonchev–Trinajstić information content (AvgIpc) is 3.07. The van der Waals surface area contributed by atoms with E-state index in [-0.39, 0.29) is 30.1 Å². The fourth-order valence-corrected chi connectivity index (χ4v) is 5.17. The van der Waals surface area contributed by atoms with Crippen molar-refractivity contribution in [3.05, 3.63) is 42.5 Å². The molecule has 0 radical (unpaired) electrons. The number of sulfone groups is 1. The molecule has 1 aliphatic heterocycles. The van der Waals surface area contributed by atoms with E-state index in [2.05, 4.69) is 0 Å². The highest BCUT2D eigenvalue weighted by Gasteiger charge is 2.34. The second-order valence-electron chi connectivity index (χ2n) is 7.10. The first-order valence-electron chi connectivity index (χ1n) is 9.65. The minimum atomic E-state index is -3.10. The normalized spacial score (nSPS) is 17.8. The van der Waals surface area contributed by atoms with Gasteiger partial charge >= 0.3 is 5.97 Å². The first kappa shape index (κ1) is 21.1. The molecule has 1 heterocycles. The summed E-state index contributed by atoms with van der Waals surface area (Å²) in [7, 11) is -3.10. The maximum absolute atomic E-state index is 12.5. The van der Waals surface area contributed by atoms with Crippen molar-refractivity contribution in [3.63, 3.8) is 0 Å². The van der Waals surface area contributed by atoms with Crippen LogP contribution in [0.25, 0.3) is 10.8 Å². The van der Waals surface area contributed by atoms with E-state index in [0.29, 0.717) is 25.1 Å². The average molecular weight is 419 g/mol. The summed E-state index contributed by atoms with van der Waals surface area (Å²) in [6.07, 6.45) is 1.12. The van der Waals surface area contributed by atoms with Crippen LogP contribution in [-0.2, 0) is 24.2 Å². The largest absolute Gasteiger partial charge is 0.482 e. The van der Waals surface area contributed by atoms with Gasteiger partial charge in [-0.3, -0.25) is 4.79 Å². The predicted molar refractivity (Wildman–Crippen MR) is 109 cm³/mol. The highest BCUT2D eigenvalue weighted by molar-refractivity contribution is 7.91. The third kappa shape index (κ3) is 5.69. The van der Waals surface area contributed by atoms with Crippen molar-refractivity contribution < 1.29 is 27.5 Å². The smallest absolute Gasteiger partial charge is 0.344 e. The maximum Gasteiger partial charge on any atom is 0.344 e. The van der Waals surface area contributed by atoms with E-state index < -0.39 is 22.4 Å². The maximum atomic E-state index is 12.5. The second kappa shape index (κ2) is 9.26. The molecule has 0 spiro atoms. The molecule has 2 aromatic carbocycles. The summed E-state index contributed by atoms with van der Waals surface area (Å²) in [6, 6.07) is 12.9. The van der Waals surface area contributed by atoms with Crippen molar-refractivity contribution in [1.82, 2.24) is 4.90 Å². The van der Waals surface area contributed by atoms with Crippen molar-refractivity contribution in [3.8, 4) is 5.75 Å². The van der Waals surface area contributed by atoms with Gasteiger partial charge in [0, 0.05) is 12.6 Å². The van der Waals surface area contributed by atoms with Crippen LogP contribution in [0.1, 0.15) is 19.8 Å². The third-order valence-corrected chi connectivity index (χ3v) is 6.62. The fourth-order valence-electron chi connectivity index (χ4n) is 3.44. The molecule has 1 aliphatic rings. The molecule has 156 valence electrons. The third-order valence-electron chi connectivity index (χ3n) is 4.87. The van der Waals surface area contributed by atoms with E-state index in [4.69, 9.17) is 9.47 Å². The molecule has 0 N–H and O–H groups in total. The molecule has 0 saturated carbocycles. The minimum absolute atomic E-state index is 0.0300. The summed E-state index contributed by atoms with van der Waals surface area (Å²) in [6.45, 7) is 1.62. The van der Waals surface area contributed by atoms with Gasteiger partial charge in [0.2, 0.25) is 0 Å². The Morgan fingerprint density at radius 3 is 2.55 bits per heavy atom. The van der Waals surface area contributed by atoms with Gasteiger partial charge in [-0.1, -0.05) is 37.3 Å². The van der Waals surface area contributed by atoms with Crippen molar-refractivity contribution in [2.24, 2.45) is 0 Å². The summed E-state index contributed by atoms with van der Waals surface area (Å²) in [4.78, 5) is 26.0. The summed E-state index contributed by atoms with van der Waals surface area (Å²) >= 11 is 0. The van der Waals surface area contributed by atoms with Crippen LogP contribution in [0.2, 0.25) is 0 Å². The van der Waals surface area contributed by atoms with Crippen LogP contribution >= 0.6 is 0 Å². The minimum Gasteiger partial charge on any atom is -0.482 e. The highest BCUT2D eigenvalue weighted by Crippen LogP contribution is 2.21. The van der Waals surface area contributed by atoms with E-state index in [1.165, 1.54) is 4.90 Å². The first-order valence-corrected chi connectivity index (χ1v) is 11.5. The Balaban J connectivity index is 1.50. The number of ether oxygens (including phenoxy) is 2. The number of nitrogens with zero attached hydrogens (tertiary/aromatic N) is 1. The first-order chi connectivity index (χ1) is 13.9. The van der Waals surface area contributed by atoms with Gasteiger partial charge < -0.3 is 14.4 Å². The topological polar surface area (TPSA) is 90.0 Å². The molecule has 3 rings (SSSR count). The van der Waals surface area contributed by atoms with Crippen LogP contribution < -0.4 is 4.74 Å². The molecular formula is C21H25NO6S. The van der Waals surface area contributed by atoms with Crippen molar-refractivity contribution in [2.75, 3.05) is 31.3 Å². The Morgan fingerprint density at radius 1 is 1.10 bits per heavy atom. The second-order valence-corrected chi connectivity index (χ2v) is 9.33. The number of rotatable bonds is 8. The van der Waals surface area contributed by atoms with Crippen LogP contribution in [-0.4, -0.2) is 62.5 Å². The summed E-state index contributed by atoms with van der Waals surface area (Å²) < 4.78 is 33.9. The number of carbonyl (C=O) groups excluding carboxylic acids is 2. The lowest BCUT2D eigenvalue weighted by Crippen LogP contribution is -2.44. The molecule has 1 fully saturated rings. The molecule has 7 nitrogen and oxygen atoms in total. The van der Waals surface area contributed by atoms with Gasteiger partial charge in [0.15, 0.2) is 23.1 Å². The van der Waals surface area contributed by atoms with Crippen LogP contribution in [0.15, 0.2) is 42.5 Å². The van der Waals surface area contributed by atoms with Crippen LogP contribution in [0, 0.1) is 0 Å². The molecule has 1 saturated heterocycles. The highest BCUT2D eigenvalue weighted by atomic mass is 32.2. The molecule has 29 heavy (non-hydrogen) atoms. The van der Waals surface area contributed by atoms with E-state index in [1.54, 1.807) is 6.07 Å². The Kier molecular flexibility index (Phi) is 6.74. The van der Waals surface area contributed by atoms with Gasteiger partial charge in [-0.15, -0.1) is 0 Å². The van der Waals surface area contributed by atoms with Gasteiger partial charge in [-0.25, -0.2) is 13.2 Å². The fraction of sp³-hybridized carbons (Fsp3) is 0.429. The van der Waals surface area contributed by atoms with E-state index in [0.717, 1.165) is 10.8 Å². The summed E-state index contributed by atoms with van der Waals surface area (Å²) in [5, 5.41) is 2.06. The number of esters is 1. The van der Waals surface area contributed by atoms with Gasteiger partial charge in [0.05, 0.1) is 11.5 Å². The quantitative estimate of drug-likeness (QED) is 0.610. The van der Waals surface area contributed by atoms with Gasteiger partial charge in [-0.2, -0.15) is 0 Å². The predicted octanol–water partition coefficient (Wildman–Crippen LogP) is 2.19. The number of amides is 1. The lowest BCUT2D eigenvalue weighted by molar-refractivity contribution is -0.154. The summed E-state index contributed by atoms with van der Waals surface area (Å²) in [5.74, 6) is -0.437.